The summed E-state index contributed by atoms with van der Waals surface area (Å²) in [5, 5.41) is 5.66. The van der Waals surface area contributed by atoms with Crippen LogP contribution < -0.4 is 10.6 Å². The Hall–Kier alpha value is -1.92. The van der Waals surface area contributed by atoms with Gasteiger partial charge in [-0.2, -0.15) is 0 Å². The Balaban J connectivity index is 1.47. The van der Waals surface area contributed by atoms with Gasteiger partial charge in [0, 0.05) is 43.9 Å². The fourth-order valence-electron chi connectivity index (χ4n) is 3.85. The van der Waals surface area contributed by atoms with Crippen LogP contribution in [0.15, 0.2) is 24.3 Å². The Kier molecular flexibility index (Phi) is 6.04. The first-order valence-electron chi connectivity index (χ1n) is 9.24. The van der Waals surface area contributed by atoms with E-state index in [4.69, 9.17) is 0 Å². The van der Waals surface area contributed by atoms with E-state index in [-0.39, 0.29) is 11.8 Å². The van der Waals surface area contributed by atoms with Crippen LogP contribution in [0.5, 0.6) is 0 Å². The predicted octanol–water partition coefficient (Wildman–Crippen LogP) is 2.14. The molecule has 2 amide bonds. The van der Waals surface area contributed by atoms with Crippen LogP contribution in [0.1, 0.15) is 32.6 Å². The van der Waals surface area contributed by atoms with Crippen LogP contribution in [0, 0.1) is 0 Å². The quantitative estimate of drug-likeness (QED) is 0.859. The first-order chi connectivity index (χ1) is 12.1. The van der Waals surface area contributed by atoms with Crippen molar-refractivity contribution in [1.82, 2.24) is 9.80 Å². The topological polar surface area (TPSA) is 64.7 Å². The van der Waals surface area contributed by atoms with E-state index in [1.165, 1.54) is 39.3 Å². The number of anilines is 2. The zero-order valence-corrected chi connectivity index (χ0v) is 15.0. The van der Waals surface area contributed by atoms with Crippen LogP contribution in [0.4, 0.5) is 11.4 Å². The molecule has 0 aliphatic carbocycles. The van der Waals surface area contributed by atoms with Gasteiger partial charge in [-0.3, -0.25) is 14.5 Å². The van der Waals surface area contributed by atoms with Gasteiger partial charge in [0.05, 0.1) is 0 Å². The van der Waals surface area contributed by atoms with Crippen molar-refractivity contribution >= 4 is 23.2 Å². The lowest BCUT2D eigenvalue weighted by molar-refractivity contribution is -0.116. The molecule has 1 atom stereocenters. The largest absolute Gasteiger partial charge is 0.326 e. The minimum absolute atomic E-state index is 0.0208. The van der Waals surface area contributed by atoms with Gasteiger partial charge in [-0.05, 0) is 57.1 Å². The van der Waals surface area contributed by atoms with Gasteiger partial charge in [-0.15, -0.1) is 0 Å². The maximum atomic E-state index is 12.3. The van der Waals surface area contributed by atoms with Crippen LogP contribution in [0.2, 0.25) is 0 Å². The molecule has 1 aromatic rings. The second-order valence-corrected chi connectivity index (χ2v) is 7.05. The number of carbonyl (C=O) groups excluding carboxylic acids is 2. The van der Waals surface area contributed by atoms with E-state index in [1.807, 2.05) is 18.2 Å². The molecule has 0 saturated carbocycles. The molecular formula is C19H28N4O2. The van der Waals surface area contributed by atoms with Gasteiger partial charge in [-0.25, -0.2) is 0 Å². The van der Waals surface area contributed by atoms with Gasteiger partial charge >= 0.3 is 0 Å². The van der Waals surface area contributed by atoms with Crippen LogP contribution in [-0.4, -0.2) is 60.4 Å². The number of amides is 2. The third kappa shape index (κ3) is 5.28. The highest BCUT2D eigenvalue weighted by molar-refractivity contribution is 5.93. The second kappa shape index (κ2) is 8.45. The first kappa shape index (κ1) is 17.9. The van der Waals surface area contributed by atoms with Gasteiger partial charge in [0.2, 0.25) is 11.8 Å². The molecule has 6 nitrogen and oxygen atoms in total. The fourth-order valence-corrected chi connectivity index (χ4v) is 3.85. The van der Waals surface area contributed by atoms with Crippen molar-refractivity contribution in [3.8, 4) is 0 Å². The van der Waals surface area contributed by atoms with Crippen molar-refractivity contribution in [3.05, 3.63) is 24.3 Å². The van der Waals surface area contributed by atoms with E-state index >= 15 is 0 Å². The standard InChI is InChI=1S/C19H28N4O2/c1-15(24)20-16-5-2-6-17(13-16)21-19(25)8-12-22-9-4-11-23-10-3-7-18(23)14-22/h2,5-6,13,18H,3-4,7-12,14H2,1H3,(H,20,24)(H,21,25)/t18-/m0/s1. The molecule has 2 aliphatic heterocycles. The van der Waals surface area contributed by atoms with Crippen LogP contribution in [-0.2, 0) is 9.59 Å². The first-order valence-corrected chi connectivity index (χ1v) is 9.24. The third-order valence-electron chi connectivity index (χ3n) is 5.01. The van der Waals surface area contributed by atoms with Gasteiger partial charge in [0.15, 0.2) is 0 Å². The van der Waals surface area contributed by atoms with Crippen LogP contribution in [0.3, 0.4) is 0 Å². The summed E-state index contributed by atoms with van der Waals surface area (Å²) >= 11 is 0. The molecule has 2 fully saturated rings. The number of hydrogen-bond acceptors (Lipinski definition) is 4. The number of fused-ring (bicyclic) bond motifs is 1. The molecule has 3 rings (SSSR count). The number of nitrogens with zero attached hydrogens (tertiary/aromatic N) is 2. The van der Waals surface area contributed by atoms with Crippen molar-refractivity contribution in [3.63, 3.8) is 0 Å². The Morgan fingerprint density at radius 3 is 2.68 bits per heavy atom. The summed E-state index contributed by atoms with van der Waals surface area (Å²) in [6.45, 7) is 6.88. The van der Waals surface area contributed by atoms with E-state index in [1.54, 1.807) is 6.07 Å². The number of carbonyl (C=O) groups is 2. The molecule has 25 heavy (non-hydrogen) atoms. The molecule has 2 heterocycles. The molecular weight excluding hydrogens is 316 g/mol. The number of hydrogen-bond donors (Lipinski definition) is 2. The molecule has 0 aromatic heterocycles. The van der Waals surface area contributed by atoms with Gasteiger partial charge in [0.1, 0.15) is 0 Å². The number of benzene rings is 1. The van der Waals surface area contributed by atoms with Crippen LogP contribution in [0.25, 0.3) is 0 Å². The molecule has 0 bridgehead atoms. The molecule has 0 unspecified atom stereocenters. The zero-order valence-electron chi connectivity index (χ0n) is 15.0. The van der Waals surface area contributed by atoms with Crippen molar-refractivity contribution in [2.75, 3.05) is 43.4 Å². The summed E-state index contributed by atoms with van der Waals surface area (Å²) in [6.07, 6.45) is 4.29. The normalized spacial score (nSPS) is 21.4. The average molecular weight is 344 g/mol. The lowest BCUT2D eigenvalue weighted by Crippen LogP contribution is -2.37. The fraction of sp³-hybridized carbons (Fsp3) is 0.579. The van der Waals surface area contributed by atoms with Crippen molar-refractivity contribution in [2.24, 2.45) is 0 Å². The van der Waals surface area contributed by atoms with Crippen molar-refractivity contribution in [1.29, 1.82) is 0 Å². The Labute approximate surface area is 149 Å². The van der Waals surface area contributed by atoms with Crippen LogP contribution >= 0.6 is 0 Å². The Bertz CT molecular complexity index is 619. The van der Waals surface area contributed by atoms with E-state index < -0.39 is 0 Å². The molecule has 2 aliphatic rings. The third-order valence-corrected chi connectivity index (χ3v) is 5.01. The minimum atomic E-state index is -0.120. The molecule has 0 radical (unpaired) electrons. The Morgan fingerprint density at radius 1 is 1.12 bits per heavy atom. The number of rotatable bonds is 5. The maximum Gasteiger partial charge on any atom is 0.225 e. The highest BCUT2D eigenvalue weighted by atomic mass is 16.2. The van der Waals surface area contributed by atoms with Gasteiger partial charge in [-0.1, -0.05) is 6.07 Å². The van der Waals surface area contributed by atoms with Crippen molar-refractivity contribution in [2.45, 2.75) is 38.6 Å². The predicted molar refractivity (Wildman–Crippen MR) is 99.6 cm³/mol. The SMILES string of the molecule is CC(=O)Nc1cccc(NC(=O)CCN2CCCN3CCC[C@H]3C2)c1. The highest BCUT2D eigenvalue weighted by Crippen LogP contribution is 2.21. The van der Waals surface area contributed by atoms with Gasteiger partial charge < -0.3 is 15.5 Å². The molecule has 1 aromatic carbocycles. The van der Waals surface area contributed by atoms with Crippen molar-refractivity contribution < 1.29 is 9.59 Å². The summed E-state index contributed by atoms with van der Waals surface area (Å²) in [5.41, 5.74) is 1.41. The van der Waals surface area contributed by atoms with E-state index in [2.05, 4.69) is 20.4 Å². The molecule has 2 N–H and O–H groups in total. The summed E-state index contributed by atoms with van der Waals surface area (Å²) in [4.78, 5) is 28.4. The zero-order chi connectivity index (χ0) is 17.6. The highest BCUT2D eigenvalue weighted by Gasteiger charge is 2.28. The molecule has 2 saturated heterocycles. The molecule has 6 heteroatoms. The smallest absolute Gasteiger partial charge is 0.225 e. The summed E-state index contributed by atoms with van der Waals surface area (Å²) < 4.78 is 0. The van der Waals surface area contributed by atoms with Gasteiger partial charge in [0.25, 0.3) is 0 Å². The van der Waals surface area contributed by atoms with E-state index in [0.717, 1.165) is 19.6 Å². The monoisotopic (exact) mass is 344 g/mol. The maximum absolute atomic E-state index is 12.3. The Morgan fingerprint density at radius 2 is 1.88 bits per heavy atom. The lowest BCUT2D eigenvalue weighted by Gasteiger charge is -2.25. The molecule has 0 spiro atoms. The van der Waals surface area contributed by atoms with E-state index in [9.17, 15) is 9.59 Å². The number of nitrogens with one attached hydrogen (secondary N) is 2. The lowest BCUT2D eigenvalue weighted by atomic mass is 10.2. The minimum Gasteiger partial charge on any atom is -0.326 e. The average Bonchev–Trinajstić information content (AvgIpc) is 2.90. The summed E-state index contributed by atoms with van der Waals surface area (Å²) in [7, 11) is 0. The summed E-state index contributed by atoms with van der Waals surface area (Å²) in [5.74, 6) is -0.0990. The molecule has 136 valence electrons. The van der Waals surface area contributed by atoms with E-state index in [0.29, 0.717) is 23.8 Å². The summed E-state index contributed by atoms with van der Waals surface area (Å²) in [6, 6.07) is 7.93. The second-order valence-electron chi connectivity index (χ2n) is 7.05.